The van der Waals surface area contributed by atoms with Crippen molar-refractivity contribution >= 4 is 12.0 Å². The highest BCUT2D eigenvalue weighted by Gasteiger charge is 2.22. The van der Waals surface area contributed by atoms with Crippen molar-refractivity contribution in [2.45, 2.75) is 19.4 Å². The summed E-state index contributed by atoms with van der Waals surface area (Å²) in [6.07, 6.45) is -1.05. The highest BCUT2D eigenvalue weighted by atomic mass is 16.4. The second kappa shape index (κ2) is 6.74. The summed E-state index contributed by atoms with van der Waals surface area (Å²) in [4.78, 5) is 24.3. The quantitative estimate of drug-likeness (QED) is 0.902. The third-order valence-electron chi connectivity index (χ3n) is 3.90. The molecule has 0 radical (unpaired) electrons. The van der Waals surface area contributed by atoms with Crippen LogP contribution >= 0.6 is 0 Å². The average molecular weight is 326 g/mol. The van der Waals surface area contributed by atoms with Crippen LogP contribution in [0.4, 0.5) is 4.79 Å². The minimum absolute atomic E-state index is 0.0293. The van der Waals surface area contributed by atoms with Gasteiger partial charge in [0.25, 0.3) is 5.91 Å². The maximum Gasteiger partial charge on any atom is 0.405 e. The van der Waals surface area contributed by atoms with Crippen LogP contribution < -0.4 is 5.32 Å². The van der Waals surface area contributed by atoms with Crippen molar-refractivity contribution < 1.29 is 14.7 Å². The van der Waals surface area contributed by atoms with Gasteiger partial charge in [-0.1, -0.05) is 36.4 Å². The summed E-state index contributed by atoms with van der Waals surface area (Å²) < 4.78 is 0. The molecule has 24 heavy (non-hydrogen) atoms. The second-order valence-electron chi connectivity index (χ2n) is 6.41. The van der Waals surface area contributed by atoms with Crippen LogP contribution in [-0.4, -0.2) is 36.1 Å². The van der Waals surface area contributed by atoms with Crippen molar-refractivity contribution in [2.75, 3.05) is 14.1 Å². The zero-order valence-electron chi connectivity index (χ0n) is 14.3. The third-order valence-corrected chi connectivity index (χ3v) is 3.90. The first-order valence-corrected chi connectivity index (χ1v) is 7.64. The van der Waals surface area contributed by atoms with Crippen molar-refractivity contribution in [3.63, 3.8) is 0 Å². The van der Waals surface area contributed by atoms with Crippen LogP contribution in [-0.2, 0) is 5.54 Å². The second-order valence-corrected chi connectivity index (χ2v) is 6.41. The first-order valence-electron chi connectivity index (χ1n) is 7.64. The molecule has 5 nitrogen and oxygen atoms in total. The van der Waals surface area contributed by atoms with E-state index in [0.717, 1.165) is 16.7 Å². The molecule has 0 aliphatic rings. The van der Waals surface area contributed by atoms with Crippen molar-refractivity contribution in [1.82, 2.24) is 10.2 Å². The number of benzene rings is 2. The molecule has 0 aromatic heterocycles. The Kier molecular flexibility index (Phi) is 4.93. The lowest BCUT2D eigenvalue weighted by Gasteiger charge is -2.25. The topological polar surface area (TPSA) is 69.6 Å². The van der Waals surface area contributed by atoms with Gasteiger partial charge in [0.05, 0.1) is 5.54 Å². The van der Waals surface area contributed by atoms with E-state index < -0.39 is 11.6 Å². The molecule has 5 heteroatoms. The fourth-order valence-corrected chi connectivity index (χ4v) is 2.48. The Hall–Kier alpha value is -2.82. The summed E-state index contributed by atoms with van der Waals surface area (Å²) in [6, 6.07) is 15.1. The van der Waals surface area contributed by atoms with E-state index in [1.165, 1.54) is 0 Å². The highest BCUT2D eigenvalue weighted by Crippen LogP contribution is 2.25. The number of carbonyl (C=O) groups excluding carboxylic acids is 1. The Morgan fingerprint density at radius 1 is 0.917 bits per heavy atom. The Bertz CT molecular complexity index is 732. The summed E-state index contributed by atoms with van der Waals surface area (Å²) >= 11 is 0. The molecule has 2 rings (SSSR count). The summed E-state index contributed by atoms with van der Waals surface area (Å²) in [6.45, 7) is 3.63. The number of hydrogen-bond donors (Lipinski definition) is 2. The summed E-state index contributed by atoms with van der Waals surface area (Å²) in [5.41, 5.74) is 2.88. The molecule has 2 N–H and O–H groups in total. The predicted molar refractivity (Wildman–Crippen MR) is 94.1 cm³/mol. The van der Waals surface area contributed by atoms with Crippen molar-refractivity contribution in [1.29, 1.82) is 0 Å². The van der Waals surface area contributed by atoms with E-state index in [2.05, 4.69) is 5.32 Å². The van der Waals surface area contributed by atoms with E-state index in [1.807, 2.05) is 62.4 Å². The predicted octanol–water partition coefficient (Wildman–Crippen LogP) is 3.56. The first-order chi connectivity index (χ1) is 11.2. The largest absolute Gasteiger partial charge is 0.465 e. The Labute approximate surface area is 141 Å². The Morgan fingerprint density at radius 2 is 1.38 bits per heavy atom. The zero-order valence-corrected chi connectivity index (χ0v) is 14.3. The molecule has 0 saturated heterocycles. The molecule has 0 heterocycles. The van der Waals surface area contributed by atoms with E-state index in [-0.39, 0.29) is 5.91 Å². The maximum atomic E-state index is 11.9. The number of hydrogen-bond acceptors (Lipinski definition) is 2. The smallest absolute Gasteiger partial charge is 0.405 e. The molecule has 0 saturated carbocycles. The van der Waals surface area contributed by atoms with Crippen LogP contribution in [0.3, 0.4) is 0 Å². The molecule has 0 atom stereocenters. The van der Waals surface area contributed by atoms with Gasteiger partial charge < -0.3 is 15.3 Å². The molecule has 0 spiro atoms. The standard InChI is InChI=1S/C19H22N2O3/c1-19(2,20-18(23)24)16-11-9-14(10-12-16)13-5-7-15(8-6-13)17(22)21(3)4/h5-12,20H,1-4H3,(H,23,24). The fraction of sp³-hybridized carbons (Fsp3) is 0.263. The van der Waals surface area contributed by atoms with Gasteiger partial charge in [0, 0.05) is 19.7 Å². The molecular weight excluding hydrogens is 304 g/mol. The number of carbonyl (C=O) groups is 2. The van der Waals surface area contributed by atoms with Gasteiger partial charge in [0.15, 0.2) is 0 Å². The van der Waals surface area contributed by atoms with Gasteiger partial charge in [-0.25, -0.2) is 4.79 Å². The molecule has 0 aliphatic heterocycles. The molecular formula is C19H22N2O3. The molecule has 0 unspecified atom stereocenters. The molecule has 0 bridgehead atoms. The lowest BCUT2D eigenvalue weighted by molar-refractivity contribution is 0.0827. The van der Waals surface area contributed by atoms with Crippen molar-refractivity contribution in [3.05, 3.63) is 59.7 Å². The van der Waals surface area contributed by atoms with Crippen LogP contribution in [0.1, 0.15) is 29.8 Å². The Morgan fingerprint density at radius 3 is 1.79 bits per heavy atom. The SMILES string of the molecule is CN(C)C(=O)c1ccc(-c2ccc(C(C)(C)NC(=O)O)cc2)cc1. The van der Waals surface area contributed by atoms with Crippen LogP contribution in [0.2, 0.25) is 0 Å². The fourth-order valence-electron chi connectivity index (χ4n) is 2.48. The molecule has 126 valence electrons. The van der Waals surface area contributed by atoms with E-state index >= 15 is 0 Å². The zero-order chi connectivity index (χ0) is 17.9. The molecule has 0 aliphatic carbocycles. The summed E-state index contributed by atoms with van der Waals surface area (Å²) in [5, 5.41) is 11.4. The van der Waals surface area contributed by atoms with Crippen LogP contribution in [0.25, 0.3) is 11.1 Å². The van der Waals surface area contributed by atoms with Crippen molar-refractivity contribution in [3.8, 4) is 11.1 Å². The number of nitrogens with zero attached hydrogens (tertiary/aromatic N) is 1. The minimum Gasteiger partial charge on any atom is -0.465 e. The normalized spacial score (nSPS) is 11.0. The number of nitrogens with one attached hydrogen (secondary N) is 1. The van der Waals surface area contributed by atoms with Crippen molar-refractivity contribution in [2.24, 2.45) is 0 Å². The van der Waals surface area contributed by atoms with Crippen LogP contribution in [0.5, 0.6) is 0 Å². The minimum atomic E-state index is -1.05. The molecule has 2 amide bonds. The van der Waals surface area contributed by atoms with Crippen LogP contribution in [0.15, 0.2) is 48.5 Å². The number of amides is 2. The lowest BCUT2D eigenvalue weighted by atomic mass is 9.92. The first kappa shape index (κ1) is 17.5. The van der Waals surface area contributed by atoms with E-state index in [4.69, 9.17) is 5.11 Å². The van der Waals surface area contributed by atoms with Gasteiger partial charge in [0.2, 0.25) is 0 Å². The van der Waals surface area contributed by atoms with Gasteiger partial charge in [-0.3, -0.25) is 4.79 Å². The highest BCUT2D eigenvalue weighted by molar-refractivity contribution is 5.94. The summed E-state index contributed by atoms with van der Waals surface area (Å²) in [5.74, 6) is -0.0293. The summed E-state index contributed by atoms with van der Waals surface area (Å²) in [7, 11) is 3.45. The third kappa shape index (κ3) is 3.93. The number of rotatable bonds is 4. The monoisotopic (exact) mass is 326 g/mol. The number of carboxylic acid groups (broad SMARTS) is 1. The molecule has 2 aromatic carbocycles. The van der Waals surface area contributed by atoms with Gasteiger partial charge in [-0.15, -0.1) is 0 Å². The van der Waals surface area contributed by atoms with E-state index in [0.29, 0.717) is 5.56 Å². The van der Waals surface area contributed by atoms with Crippen LogP contribution in [0, 0.1) is 0 Å². The van der Waals surface area contributed by atoms with Gasteiger partial charge in [-0.2, -0.15) is 0 Å². The molecule has 0 fully saturated rings. The Balaban J connectivity index is 2.22. The van der Waals surface area contributed by atoms with E-state index in [1.54, 1.807) is 19.0 Å². The van der Waals surface area contributed by atoms with Gasteiger partial charge >= 0.3 is 6.09 Å². The van der Waals surface area contributed by atoms with Gasteiger partial charge in [-0.05, 0) is 42.7 Å². The van der Waals surface area contributed by atoms with E-state index in [9.17, 15) is 9.59 Å². The maximum absolute atomic E-state index is 11.9. The average Bonchev–Trinajstić information content (AvgIpc) is 2.53. The lowest BCUT2D eigenvalue weighted by Crippen LogP contribution is -2.39. The molecule has 2 aromatic rings. The van der Waals surface area contributed by atoms with Gasteiger partial charge in [0.1, 0.15) is 0 Å².